The van der Waals surface area contributed by atoms with Gasteiger partial charge in [0.1, 0.15) is 17.9 Å². The summed E-state index contributed by atoms with van der Waals surface area (Å²) in [6.45, 7) is 6.65. The van der Waals surface area contributed by atoms with Crippen LogP contribution in [0.4, 0.5) is 0 Å². The lowest BCUT2D eigenvalue weighted by Crippen LogP contribution is -2.45. The van der Waals surface area contributed by atoms with Crippen molar-refractivity contribution in [3.05, 3.63) is 42.0 Å². The molecule has 0 radical (unpaired) electrons. The summed E-state index contributed by atoms with van der Waals surface area (Å²) >= 11 is 0. The number of aryl methyl sites for hydroxylation is 1. The first-order valence-corrected chi connectivity index (χ1v) is 10.9. The molecule has 1 fully saturated rings. The molecule has 1 atom stereocenters. The third-order valence-electron chi connectivity index (χ3n) is 5.67. The van der Waals surface area contributed by atoms with Gasteiger partial charge in [0.25, 0.3) is 0 Å². The number of aliphatic imine (C=N–C) groups is 1. The third-order valence-corrected chi connectivity index (χ3v) is 5.67. The first-order chi connectivity index (χ1) is 14.8. The fourth-order valence-electron chi connectivity index (χ4n) is 4.06. The van der Waals surface area contributed by atoms with Crippen LogP contribution in [-0.2, 0) is 13.0 Å². The molecule has 0 saturated carbocycles. The third kappa shape index (κ3) is 5.72. The van der Waals surface area contributed by atoms with Crippen LogP contribution in [0, 0.1) is 0 Å². The molecule has 3 rings (SSSR count). The lowest BCUT2D eigenvalue weighted by Gasteiger charge is -2.35. The van der Waals surface area contributed by atoms with Gasteiger partial charge in [-0.2, -0.15) is 0 Å². The van der Waals surface area contributed by atoms with E-state index in [9.17, 15) is 0 Å². The Morgan fingerprint density at radius 1 is 1.20 bits per heavy atom. The Kier molecular flexibility index (Phi) is 8.50. The fraction of sp³-hybridized carbons (Fsp3) is 0.591. The molecule has 1 aromatic heterocycles. The summed E-state index contributed by atoms with van der Waals surface area (Å²) in [5, 5.41) is 15.1. The van der Waals surface area contributed by atoms with Crippen LogP contribution in [-0.4, -0.2) is 66.0 Å². The topological polar surface area (TPSA) is 79.6 Å². The Morgan fingerprint density at radius 3 is 2.73 bits per heavy atom. The van der Waals surface area contributed by atoms with Gasteiger partial charge in [-0.15, -0.1) is 10.2 Å². The molecule has 0 bridgehead atoms. The van der Waals surface area contributed by atoms with Crippen LogP contribution in [0.25, 0.3) is 0 Å². The van der Waals surface area contributed by atoms with E-state index in [1.807, 2.05) is 19.2 Å². The highest BCUT2D eigenvalue weighted by atomic mass is 16.5. The highest BCUT2D eigenvalue weighted by molar-refractivity contribution is 5.79. The summed E-state index contributed by atoms with van der Waals surface area (Å²) in [5.41, 5.74) is 1.22. The average molecular weight is 414 g/mol. The number of rotatable bonds is 9. The molecule has 1 saturated heterocycles. The summed E-state index contributed by atoms with van der Waals surface area (Å²) < 4.78 is 7.74. The lowest BCUT2D eigenvalue weighted by molar-refractivity contribution is 0.161. The fourth-order valence-corrected chi connectivity index (χ4v) is 4.06. The van der Waals surface area contributed by atoms with Crippen LogP contribution in [0.5, 0.6) is 5.75 Å². The molecule has 0 aliphatic carbocycles. The molecule has 30 heavy (non-hydrogen) atoms. The number of hydrogen-bond donors (Lipinski definition) is 2. The molecule has 2 aromatic rings. The molecule has 2 heterocycles. The molecule has 2 N–H and O–H groups in total. The molecule has 1 aliphatic heterocycles. The number of piperidine rings is 1. The Bertz CT molecular complexity index is 798. The predicted molar refractivity (Wildman–Crippen MR) is 120 cm³/mol. The SMILES string of the molecule is CCc1nncn1CCNC(=NC)NCC(c1ccccc1OC)N1CCCCC1. The second-order valence-corrected chi connectivity index (χ2v) is 7.53. The Morgan fingerprint density at radius 2 is 2.00 bits per heavy atom. The lowest BCUT2D eigenvalue weighted by atomic mass is 10.0. The molecule has 8 heteroatoms. The summed E-state index contributed by atoms with van der Waals surface area (Å²) in [7, 11) is 3.56. The Balaban J connectivity index is 1.61. The number of para-hydroxylation sites is 1. The molecule has 8 nitrogen and oxygen atoms in total. The van der Waals surface area contributed by atoms with E-state index in [-0.39, 0.29) is 6.04 Å². The number of aromatic nitrogens is 3. The minimum Gasteiger partial charge on any atom is -0.496 e. The maximum Gasteiger partial charge on any atom is 0.191 e. The van der Waals surface area contributed by atoms with Crippen LogP contribution >= 0.6 is 0 Å². The van der Waals surface area contributed by atoms with Crippen LogP contribution in [0.1, 0.15) is 43.6 Å². The van der Waals surface area contributed by atoms with Crippen LogP contribution in [0.3, 0.4) is 0 Å². The molecule has 1 unspecified atom stereocenters. The van der Waals surface area contributed by atoms with Crippen LogP contribution in [0.2, 0.25) is 0 Å². The number of nitrogens with zero attached hydrogens (tertiary/aromatic N) is 5. The number of nitrogens with one attached hydrogen (secondary N) is 2. The quantitative estimate of drug-likeness (QED) is 0.485. The first-order valence-electron chi connectivity index (χ1n) is 10.9. The van der Waals surface area contributed by atoms with Crippen molar-refractivity contribution < 1.29 is 4.74 Å². The maximum atomic E-state index is 5.66. The number of likely N-dealkylation sites (tertiary alicyclic amines) is 1. The van der Waals surface area contributed by atoms with Crippen molar-refractivity contribution in [1.82, 2.24) is 30.3 Å². The smallest absolute Gasteiger partial charge is 0.191 e. The molecule has 1 aliphatic rings. The van der Waals surface area contributed by atoms with Gasteiger partial charge >= 0.3 is 0 Å². The van der Waals surface area contributed by atoms with Crippen LogP contribution in [0.15, 0.2) is 35.6 Å². The summed E-state index contributed by atoms with van der Waals surface area (Å²) in [6, 6.07) is 8.58. The maximum absolute atomic E-state index is 5.66. The van der Waals surface area contributed by atoms with Gasteiger partial charge in [-0.3, -0.25) is 9.89 Å². The number of methoxy groups -OCH3 is 1. The van der Waals surface area contributed by atoms with E-state index in [1.165, 1.54) is 24.8 Å². The molecular weight excluding hydrogens is 378 g/mol. The first kappa shape index (κ1) is 22.1. The molecule has 1 aromatic carbocycles. The van der Waals surface area contributed by atoms with Crippen molar-refractivity contribution in [2.24, 2.45) is 4.99 Å². The number of benzene rings is 1. The molecular formula is C22H35N7O. The number of guanidine groups is 1. The van der Waals surface area contributed by atoms with Crippen molar-refractivity contribution in [3.8, 4) is 5.75 Å². The second-order valence-electron chi connectivity index (χ2n) is 7.53. The molecule has 0 amide bonds. The molecule has 0 spiro atoms. The van der Waals surface area contributed by atoms with Gasteiger partial charge in [0.15, 0.2) is 5.96 Å². The summed E-state index contributed by atoms with van der Waals surface area (Å²) in [4.78, 5) is 6.97. The number of ether oxygens (including phenoxy) is 1. The Labute approximate surface area is 179 Å². The highest BCUT2D eigenvalue weighted by Crippen LogP contribution is 2.30. The zero-order valence-corrected chi connectivity index (χ0v) is 18.5. The highest BCUT2D eigenvalue weighted by Gasteiger charge is 2.25. The summed E-state index contributed by atoms with van der Waals surface area (Å²) in [5.74, 6) is 2.75. The van der Waals surface area contributed by atoms with E-state index >= 15 is 0 Å². The van der Waals surface area contributed by atoms with Gasteiger partial charge in [-0.1, -0.05) is 31.5 Å². The van der Waals surface area contributed by atoms with Crippen molar-refractivity contribution in [2.75, 3.05) is 40.3 Å². The van der Waals surface area contributed by atoms with E-state index < -0.39 is 0 Å². The van der Waals surface area contributed by atoms with Gasteiger partial charge in [0.2, 0.25) is 0 Å². The number of hydrogen-bond acceptors (Lipinski definition) is 5. The van der Waals surface area contributed by atoms with Crippen molar-refractivity contribution >= 4 is 5.96 Å². The monoisotopic (exact) mass is 413 g/mol. The van der Waals surface area contributed by atoms with Crippen molar-refractivity contribution in [1.29, 1.82) is 0 Å². The van der Waals surface area contributed by atoms with Gasteiger partial charge in [-0.05, 0) is 32.0 Å². The van der Waals surface area contributed by atoms with E-state index in [0.29, 0.717) is 0 Å². The predicted octanol–water partition coefficient (Wildman–Crippen LogP) is 2.24. The van der Waals surface area contributed by atoms with E-state index in [1.54, 1.807) is 13.4 Å². The van der Waals surface area contributed by atoms with Gasteiger partial charge in [0, 0.05) is 38.7 Å². The van der Waals surface area contributed by atoms with Gasteiger partial charge in [0.05, 0.1) is 13.2 Å². The minimum absolute atomic E-state index is 0.240. The average Bonchev–Trinajstić information content (AvgIpc) is 3.26. The van der Waals surface area contributed by atoms with E-state index in [0.717, 1.165) is 56.7 Å². The minimum atomic E-state index is 0.240. The van der Waals surface area contributed by atoms with Gasteiger partial charge < -0.3 is 19.9 Å². The van der Waals surface area contributed by atoms with Crippen molar-refractivity contribution in [2.45, 2.75) is 45.2 Å². The summed E-state index contributed by atoms with van der Waals surface area (Å²) in [6.07, 6.45) is 6.47. The van der Waals surface area contributed by atoms with Gasteiger partial charge in [-0.25, -0.2) is 0 Å². The Hall–Kier alpha value is -2.61. The van der Waals surface area contributed by atoms with Crippen LogP contribution < -0.4 is 15.4 Å². The normalized spacial score (nSPS) is 16.3. The zero-order chi connectivity index (χ0) is 21.2. The zero-order valence-electron chi connectivity index (χ0n) is 18.5. The van der Waals surface area contributed by atoms with Crippen molar-refractivity contribution in [3.63, 3.8) is 0 Å². The van der Waals surface area contributed by atoms with E-state index in [4.69, 9.17) is 4.74 Å². The second kappa shape index (κ2) is 11.5. The molecule has 164 valence electrons. The standard InChI is InChI=1S/C22H35N7O/c1-4-21-27-26-17-29(21)15-12-24-22(23-2)25-16-19(28-13-8-5-9-14-28)18-10-6-7-11-20(18)30-3/h6-7,10-11,17,19H,4-5,8-9,12-16H2,1-3H3,(H2,23,24,25). The van der Waals surface area contributed by atoms with E-state index in [2.05, 4.69) is 54.3 Å². The largest absolute Gasteiger partial charge is 0.496 e.